The highest BCUT2D eigenvalue weighted by Crippen LogP contribution is 2.24. The van der Waals surface area contributed by atoms with Crippen LogP contribution in [0.4, 0.5) is 5.69 Å². The van der Waals surface area contributed by atoms with Crippen molar-refractivity contribution in [1.29, 1.82) is 0 Å². The van der Waals surface area contributed by atoms with E-state index in [1.54, 1.807) is 0 Å². The van der Waals surface area contributed by atoms with Crippen molar-refractivity contribution in [2.45, 2.75) is 26.2 Å². The minimum Gasteiger partial charge on any atom is -0.399 e. The summed E-state index contributed by atoms with van der Waals surface area (Å²) in [6, 6.07) is 7.93. The molecule has 1 aliphatic rings. The van der Waals surface area contributed by atoms with E-state index in [-0.39, 0.29) is 0 Å². The molecule has 98 valence electrons. The molecular weight excluding hydrogens is 254 g/mol. The fourth-order valence-corrected chi connectivity index (χ4v) is 3.05. The van der Waals surface area contributed by atoms with Crippen LogP contribution in [0.15, 0.2) is 33.8 Å². The molecule has 2 N–H and O–H groups in total. The normalized spacial score (nSPS) is 14.4. The Balaban J connectivity index is 2.02. The quantitative estimate of drug-likeness (QED) is 0.672. The second-order valence-corrected chi connectivity index (χ2v) is 10.9. The first-order valence-electron chi connectivity index (χ1n) is 6.36. The van der Waals surface area contributed by atoms with E-state index in [4.69, 9.17) is 10.3 Å². The van der Waals surface area contributed by atoms with Crippen LogP contribution in [0.1, 0.15) is 16.8 Å². The second-order valence-electron chi connectivity index (χ2n) is 5.91. The Morgan fingerprint density at radius 1 is 1.21 bits per heavy atom. The molecule has 3 rings (SSSR count). The Morgan fingerprint density at radius 3 is 2.68 bits per heavy atom. The fraction of sp³-hybridized carbons (Fsp3) is 0.286. The predicted octanol–water partition coefficient (Wildman–Crippen LogP) is 2.15. The van der Waals surface area contributed by atoms with Gasteiger partial charge in [-0.3, -0.25) is 4.99 Å². The van der Waals surface area contributed by atoms with Gasteiger partial charge < -0.3 is 10.3 Å². The molecule has 0 amide bonds. The smallest absolute Gasteiger partial charge is 0.132 e. The van der Waals surface area contributed by atoms with Gasteiger partial charge in [0.25, 0.3) is 0 Å². The summed E-state index contributed by atoms with van der Waals surface area (Å²) in [5.41, 5.74) is 10.6. The van der Waals surface area contributed by atoms with Gasteiger partial charge in [0.15, 0.2) is 0 Å². The van der Waals surface area contributed by atoms with E-state index < -0.39 is 8.07 Å². The lowest BCUT2D eigenvalue weighted by Crippen LogP contribution is -2.36. The highest BCUT2D eigenvalue weighted by Gasteiger charge is 2.26. The maximum absolute atomic E-state index is 5.85. The number of anilines is 1. The third-order valence-electron chi connectivity index (χ3n) is 3.29. The van der Waals surface area contributed by atoms with Gasteiger partial charge in [0.2, 0.25) is 0 Å². The minimum atomic E-state index is -1.47. The number of fused-ring (bicyclic) bond motifs is 1. The monoisotopic (exact) mass is 271 g/mol. The summed E-state index contributed by atoms with van der Waals surface area (Å²) < 4.78 is 5.49. The molecule has 0 bridgehead atoms. The number of nitrogen functional groups attached to an aromatic ring is 1. The zero-order valence-corrected chi connectivity index (χ0v) is 12.4. The largest absolute Gasteiger partial charge is 0.399 e. The van der Waals surface area contributed by atoms with Crippen molar-refractivity contribution in [3.05, 3.63) is 41.1 Å². The number of aliphatic imine (C=N–C) groups is 1. The van der Waals surface area contributed by atoms with Crippen LogP contribution in [0.3, 0.4) is 0 Å². The Bertz CT molecular complexity index is 668. The second kappa shape index (κ2) is 4.06. The number of hydrogen-bond acceptors (Lipinski definition) is 4. The summed E-state index contributed by atoms with van der Waals surface area (Å²) in [6.07, 6.45) is 0. The van der Waals surface area contributed by atoms with Gasteiger partial charge in [-0.25, -0.2) is 0 Å². The van der Waals surface area contributed by atoms with Crippen LogP contribution < -0.4 is 11.1 Å². The first-order chi connectivity index (χ1) is 8.95. The Kier molecular flexibility index (Phi) is 2.60. The van der Waals surface area contributed by atoms with Crippen LogP contribution in [-0.4, -0.2) is 18.9 Å². The number of aromatic nitrogens is 1. The molecule has 1 aromatic carbocycles. The first kappa shape index (κ1) is 12.2. The van der Waals surface area contributed by atoms with Gasteiger partial charge in [-0.05, 0) is 17.7 Å². The lowest BCUT2D eigenvalue weighted by Gasteiger charge is -2.08. The lowest BCUT2D eigenvalue weighted by molar-refractivity contribution is 0.442. The fourth-order valence-electron chi connectivity index (χ4n) is 2.16. The minimum absolute atomic E-state index is 0.695. The molecule has 1 aliphatic heterocycles. The molecule has 5 heteroatoms. The number of hydrogen-bond donors (Lipinski definition) is 1. The van der Waals surface area contributed by atoms with Gasteiger partial charge in [-0.15, -0.1) is 0 Å². The van der Waals surface area contributed by atoms with Crippen molar-refractivity contribution in [2.75, 3.05) is 5.73 Å². The number of nitrogens with zero attached hydrogens (tertiary/aromatic N) is 2. The van der Waals surface area contributed by atoms with Crippen LogP contribution in [-0.2, 0) is 6.54 Å². The van der Waals surface area contributed by atoms with Gasteiger partial charge in [0.1, 0.15) is 19.2 Å². The van der Waals surface area contributed by atoms with E-state index in [0.29, 0.717) is 6.54 Å². The summed E-state index contributed by atoms with van der Waals surface area (Å²) >= 11 is 0. The van der Waals surface area contributed by atoms with Gasteiger partial charge >= 0.3 is 0 Å². The van der Waals surface area contributed by atoms with Crippen molar-refractivity contribution in [1.82, 2.24) is 5.16 Å². The van der Waals surface area contributed by atoms with Gasteiger partial charge in [0.05, 0.1) is 12.3 Å². The molecule has 0 atom stereocenters. The first-order valence-corrected chi connectivity index (χ1v) is 9.86. The number of benzene rings is 1. The van der Waals surface area contributed by atoms with Gasteiger partial charge in [-0.1, -0.05) is 30.9 Å². The molecule has 0 saturated heterocycles. The molecule has 2 aromatic rings. The molecule has 19 heavy (non-hydrogen) atoms. The molecule has 2 heterocycles. The highest BCUT2D eigenvalue weighted by atomic mass is 28.3. The molecule has 0 unspecified atom stereocenters. The standard InChI is InChI=1S/C14H17N3OSi/c1-19(2,3)13-7-12(17-18-13)14-11-6-10(15)5-4-9(11)8-16-14/h4-7H,8,15H2,1-3H3. The van der Waals surface area contributed by atoms with Gasteiger partial charge in [-0.2, -0.15) is 0 Å². The number of rotatable bonds is 2. The van der Waals surface area contributed by atoms with Crippen LogP contribution >= 0.6 is 0 Å². The van der Waals surface area contributed by atoms with Crippen LogP contribution in [0.25, 0.3) is 0 Å². The van der Waals surface area contributed by atoms with E-state index in [0.717, 1.165) is 28.0 Å². The van der Waals surface area contributed by atoms with Crippen molar-refractivity contribution in [2.24, 2.45) is 4.99 Å². The molecule has 1 aromatic heterocycles. The average molecular weight is 271 g/mol. The Morgan fingerprint density at radius 2 is 2.00 bits per heavy atom. The topological polar surface area (TPSA) is 64.4 Å². The Labute approximate surface area is 113 Å². The van der Waals surface area contributed by atoms with Crippen LogP contribution in [0.2, 0.25) is 19.6 Å². The van der Waals surface area contributed by atoms with Crippen molar-refractivity contribution in [3.63, 3.8) is 0 Å². The molecular formula is C14H17N3OSi. The zero-order chi connectivity index (χ0) is 13.6. The molecule has 0 radical (unpaired) electrons. The maximum Gasteiger partial charge on any atom is 0.132 e. The average Bonchev–Trinajstić information content (AvgIpc) is 2.92. The Hall–Kier alpha value is -1.88. The van der Waals surface area contributed by atoms with Crippen molar-refractivity contribution < 1.29 is 4.52 Å². The summed E-state index contributed by atoms with van der Waals surface area (Å²) in [5, 5.41) is 5.18. The molecule has 0 spiro atoms. The highest BCUT2D eigenvalue weighted by molar-refractivity contribution is 6.87. The zero-order valence-electron chi connectivity index (χ0n) is 11.4. The summed E-state index contributed by atoms with van der Waals surface area (Å²) in [4.78, 5) is 4.56. The van der Waals surface area contributed by atoms with Crippen molar-refractivity contribution >= 4 is 24.9 Å². The molecule has 0 aliphatic carbocycles. The van der Waals surface area contributed by atoms with E-state index in [1.165, 1.54) is 5.56 Å². The summed E-state index contributed by atoms with van der Waals surface area (Å²) in [5.74, 6) is 0. The third-order valence-corrected chi connectivity index (χ3v) is 5.00. The SMILES string of the molecule is C[Si](C)(C)c1cc(C2=NCc3ccc(N)cc32)no1. The number of nitrogens with two attached hydrogens (primary N) is 1. The van der Waals surface area contributed by atoms with Crippen LogP contribution in [0, 0.1) is 0 Å². The van der Waals surface area contributed by atoms with Gasteiger partial charge in [0, 0.05) is 17.3 Å². The van der Waals surface area contributed by atoms with E-state index >= 15 is 0 Å². The predicted molar refractivity (Wildman–Crippen MR) is 79.7 cm³/mol. The summed E-state index contributed by atoms with van der Waals surface area (Å²) in [7, 11) is -1.47. The van der Waals surface area contributed by atoms with Crippen molar-refractivity contribution in [3.8, 4) is 0 Å². The molecule has 0 fully saturated rings. The maximum atomic E-state index is 5.85. The van der Waals surface area contributed by atoms with E-state index in [1.807, 2.05) is 24.3 Å². The molecule has 0 saturated carbocycles. The van der Waals surface area contributed by atoms with E-state index in [2.05, 4.69) is 29.8 Å². The third kappa shape index (κ3) is 2.10. The lowest BCUT2D eigenvalue weighted by atomic mass is 10.0. The van der Waals surface area contributed by atoms with E-state index in [9.17, 15) is 0 Å². The van der Waals surface area contributed by atoms with Crippen LogP contribution in [0.5, 0.6) is 0 Å². The summed E-state index contributed by atoms with van der Waals surface area (Å²) in [6.45, 7) is 7.40. The molecule has 4 nitrogen and oxygen atoms in total.